The van der Waals surface area contributed by atoms with E-state index in [-0.39, 0.29) is 13.7 Å². The van der Waals surface area contributed by atoms with Crippen LogP contribution in [0.4, 0.5) is 0 Å². The van der Waals surface area contributed by atoms with E-state index in [4.69, 9.17) is 8.85 Å². The molecule has 3 nitrogen and oxygen atoms in total. The molecule has 0 aliphatic heterocycles. The minimum Gasteiger partial charge on any atom is -0.392 e. The maximum absolute atomic E-state index is 10.7. The summed E-state index contributed by atoms with van der Waals surface area (Å²) in [6.07, 6.45) is 0. The van der Waals surface area contributed by atoms with Crippen LogP contribution in [0, 0.1) is 0 Å². The number of hydrogen-bond acceptors (Lipinski definition) is 3. The molecule has 0 aromatic rings. The summed E-state index contributed by atoms with van der Waals surface area (Å²) in [6, 6.07) is 0. The van der Waals surface area contributed by atoms with Crippen LogP contribution in [-0.2, 0) is 13.4 Å². The Hall–Kier alpha value is 0.237. The Balaban J connectivity index is 4.25. The van der Waals surface area contributed by atoms with Crippen LogP contribution in [-0.4, -0.2) is 27.1 Å². The van der Waals surface area contributed by atoms with E-state index >= 15 is 0 Å². The summed E-state index contributed by atoms with van der Waals surface area (Å²) in [5.41, 5.74) is 0. The highest BCUT2D eigenvalue weighted by atomic mass is 31.1. The van der Waals surface area contributed by atoms with Gasteiger partial charge in [-0.15, -0.1) is 0 Å². The largest absolute Gasteiger partial charge is 0.392 e. The van der Waals surface area contributed by atoms with E-state index in [1.807, 2.05) is 27.3 Å². The standard InChI is InChI=1S/C7H17O3PSi/c1-5-9-12(4,10-6-2)7(3)11-8/h7H,5-6H2,1-4H3/p+1. The quantitative estimate of drug-likeness (QED) is 0.496. The molecule has 72 valence electrons. The predicted octanol–water partition coefficient (Wildman–Crippen LogP) is 2.08. The lowest BCUT2D eigenvalue weighted by atomic mass is 10.9. The summed E-state index contributed by atoms with van der Waals surface area (Å²) in [5, 5.41) is 0.0531. The highest BCUT2D eigenvalue weighted by molar-refractivity contribution is 7.30. The summed E-state index contributed by atoms with van der Waals surface area (Å²) in [6.45, 7) is 9.03. The van der Waals surface area contributed by atoms with Crippen molar-refractivity contribution in [2.24, 2.45) is 0 Å². The maximum atomic E-state index is 10.7. The van der Waals surface area contributed by atoms with Crippen LogP contribution >= 0.6 is 8.46 Å². The number of hydrogen-bond donors (Lipinski definition) is 0. The average Bonchev–Trinajstić information content (AvgIpc) is 2.04. The van der Waals surface area contributed by atoms with Crippen LogP contribution in [0.1, 0.15) is 20.8 Å². The second-order valence-electron chi connectivity index (χ2n) is 2.72. The van der Waals surface area contributed by atoms with Crippen molar-refractivity contribution in [2.75, 3.05) is 13.2 Å². The molecule has 0 aliphatic carbocycles. The topological polar surface area (TPSA) is 35.5 Å². The molecule has 0 aliphatic rings. The van der Waals surface area contributed by atoms with Gasteiger partial charge in [-0.05, 0) is 27.3 Å². The molecular weight excluding hydrogens is 191 g/mol. The first-order valence-electron chi connectivity index (χ1n) is 4.26. The van der Waals surface area contributed by atoms with Gasteiger partial charge in [-0.1, -0.05) is 4.57 Å². The molecule has 12 heavy (non-hydrogen) atoms. The van der Waals surface area contributed by atoms with E-state index < -0.39 is 8.56 Å². The fraction of sp³-hybridized carbons (Fsp3) is 1.00. The third-order valence-electron chi connectivity index (χ3n) is 1.83. The van der Waals surface area contributed by atoms with Crippen LogP contribution in [0.2, 0.25) is 6.55 Å². The molecule has 0 fully saturated rings. The fourth-order valence-electron chi connectivity index (χ4n) is 0.972. The maximum Gasteiger partial charge on any atom is 0.387 e. The van der Waals surface area contributed by atoms with Crippen LogP contribution < -0.4 is 0 Å². The molecule has 2 atom stereocenters. The van der Waals surface area contributed by atoms with Gasteiger partial charge in [-0.2, -0.15) is 0 Å². The monoisotopic (exact) mass is 209 g/mol. The summed E-state index contributed by atoms with van der Waals surface area (Å²) >= 11 is 0. The lowest BCUT2D eigenvalue weighted by molar-refractivity contribution is 0.188. The molecule has 2 unspecified atom stereocenters. The zero-order chi connectivity index (χ0) is 9.61. The molecule has 0 radical (unpaired) electrons. The molecule has 0 amide bonds. The van der Waals surface area contributed by atoms with Crippen LogP contribution in [0.15, 0.2) is 0 Å². The molecule has 0 aromatic heterocycles. The van der Waals surface area contributed by atoms with Gasteiger partial charge in [-0.25, -0.2) is 0 Å². The van der Waals surface area contributed by atoms with E-state index in [9.17, 15) is 4.57 Å². The fourth-order valence-corrected chi connectivity index (χ4v) is 4.06. The van der Waals surface area contributed by atoms with Gasteiger partial charge < -0.3 is 8.85 Å². The van der Waals surface area contributed by atoms with Gasteiger partial charge in [0.1, 0.15) is 0 Å². The molecule has 0 heterocycles. The van der Waals surface area contributed by atoms with E-state index in [0.29, 0.717) is 13.2 Å². The second kappa shape index (κ2) is 5.81. The average molecular weight is 209 g/mol. The van der Waals surface area contributed by atoms with Gasteiger partial charge >= 0.3 is 17.0 Å². The van der Waals surface area contributed by atoms with Gasteiger partial charge in [0.15, 0.2) is 5.28 Å². The zero-order valence-electron chi connectivity index (χ0n) is 8.22. The van der Waals surface area contributed by atoms with Crippen molar-refractivity contribution in [2.45, 2.75) is 32.6 Å². The summed E-state index contributed by atoms with van der Waals surface area (Å²) in [4.78, 5) is 0. The Morgan fingerprint density at radius 1 is 1.33 bits per heavy atom. The summed E-state index contributed by atoms with van der Waals surface area (Å²) < 4.78 is 21.8. The van der Waals surface area contributed by atoms with E-state index in [2.05, 4.69) is 0 Å². The third kappa shape index (κ3) is 3.31. The molecule has 0 N–H and O–H groups in total. The Labute approximate surface area is 76.9 Å². The van der Waals surface area contributed by atoms with Crippen molar-refractivity contribution >= 4 is 17.0 Å². The highest BCUT2D eigenvalue weighted by Gasteiger charge is 2.43. The zero-order valence-corrected chi connectivity index (χ0v) is 10.2. The minimum atomic E-state index is -2.15. The van der Waals surface area contributed by atoms with Gasteiger partial charge in [0.2, 0.25) is 0 Å². The van der Waals surface area contributed by atoms with Crippen molar-refractivity contribution in [3.8, 4) is 0 Å². The van der Waals surface area contributed by atoms with Gasteiger partial charge in [0.05, 0.1) is 0 Å². The van der Waals surface area contributed by atoms with Crippen LogP contribution in [0.25, 0.3) is 0 Å². The van der Waals surface area contributed by atoms with E-state index in [1.54, 1.807) is 0 Å². The normalized spacial score (nSPS) is 15.0. The van der Waals surface area contributed by atoms with Gasteiger partial charge in [-0.3, -0.25) is 0 Å². The van der Waals surface area contributed by atoms with Gasteiger partial charge in [0.25, 0.3) is 0 Å². The van der Waals surface area contributed by atoms with Crippen molar-refractivity contribution < 1.29 is 13.4 Å². The number of rotatable bonds is 6. The molecule has 0 saturated heterocycles. The summed E-state index contributed by atoms with van der Waals surface area (Å²) in [7, 11) is -2.49. The smallest absolute Gasteiger partial charge is 0.387 e. The second-order valence-corrected chi connectivity index (χ2v) is 7.88. The lowest BCUT2D eigenvalue weighted by Crippen LogP contribution is -2.47. The first-order chi connectivity index (χ1) is 5.60. The Bertz CT molecular complexity index is 137. The minimum absolute atomic E-state index is 0.0531. The first-order valence-corrected chi connectivity index (χ1v) is 7.64. The van der Waals surface area contributed by atoms with Crippen molar-refractivity contribution in [3.05, 3.63) is 0 Å². The molecule has 5 heteroatoms. The van der Waals surface area contributed by atoms with Crippen molar-refractivity contribution in [3.63, 3.8) is 0 Å². The predicted molar refractivity (Wildman–Crippen MR) is 53.3 cm³/mol. The first kappa shape index (κ1) is 12.2. The Morgan fingerprint density at radius 3 is 2.00 bits per heavy atom. The molecule has 0 aromatic carbocycles. The third-order valence-corrected chi connectivity index (χ3v) is 7.40. The molecule has 0 rings (SSSR count). The van der Waals surface area contributed by atoms with Crippen molar-refractivity contribution in [1.82, 2.24) is 0 Å². The van der Waals surface area contributed by atoms with Crippen LogP contribution in [0.3, 0.4) is 0 Å². The molecular formula is C7H18O3PSi+. The Morgan fingerprint density at radius 2 is 1.75 bits per heavy atom. The molecule has 0 bridgehead atoms. The lowest BCUT2D eigenvalue weighted by Gasteiger charge is -2.24. The SMILES string of the molecule is CCO[Si](C)(OCC)C(C)[PH+]=O. The van der Waals surface area contributed by atoms with Gasteiger partial charge in [0, 0.05) is 13.2 Å². The van der Waals surface area contributed by atoms with E-state index in [0.717, 1.165) is 0 Å². The van der Waals surface area contributed by atoms with Crippen LogP contribution in [0.5, 0.6) is 0 Å². The molecule has 0 spiro atoms. The van der Waals surface area contributed by atoms with E-state index in [1.165, 1.54) is 0 Å². The highest BCUT2D eigenvalue weighted by Crippen LogP contribution is 2.22. The molecule has 0 saturated carbocycles. The summed E-state index contributed by atoms with van der Waals surface area (Å²) in [5.74, 6) is 0. The van der Waals surface area contributed by atoms with Crippen molar-refractivity contribution in [1.29, 1.82) is 0 Å². The Kier molecular flexibility index (Phi) is 5.92.